The van der Waals surface area contributed by atoms with Crippen molar-refractivity contribution < 1.29 is 29.4 Å². The number of nitrogens with one attached hydrogen (secondary N) is 2. The molecule has 0 aromatic rings. The van der Waals surface area contributed by atoms with Gasteiger partial charge in [0.2, 0.25) is 11.8 Å². The number of amides is 2. The van der Waals surface area contributed by atoms with E-state index < -0.39 is 42.4 Å². The summed E-state index contributed by atoms with van der Waals surface area (Å²) in [4.78, 5) is 45.5. The van der Waals surface area contributed by atoms with Crippen LogP contribution in [0.3, 0.4) is 0 Å². The van der Waals surface area contributed by atoms with Crippen LogP contribution in [0.5, 0.6) is 0 Å². The summed E-state index contributed by atoms with van der Waals surface area (Å²) in [5.41, 5.74) is 5.92. The number of carbonyl (C=O) groups excluding carboxylic acids is 2. The quantitative estimate of drug-likeness (QED) is 0.363. The fourth-order valence-electron chi connectivity index (χ4n) is 2.99. The van der Waals surface area contributed by atoms with Crippen LogP contribution in [0.1, 0.15) is 51.4 Å². The molecule has 25 heavy (non-hydrogen) atoms. The van der Waals surface area contributed by atoms with Crippen LogP contribution < -0.4 is 16.4 Å². The van der Waals surface area contributed by atoms with Crippen LogP contribution in [0.25, 0.3) is 0 Å². The number of carboxylic acid groups (broad SMARTS) is 2. The zero-order chi connectivity index (χ0) is 18.8. The summed E-state index contributed by atoms with van der Waals surface area (Å²) < 4.78 is 0. The minimum Gasteiger partial charge on any atom is -0.481 e. The van der Waals surface area contributed by atoms with Crippen molar-refractivity contribution in [2.24, 2.45) is 11.7 Å². The summed E-state index contributed by atoms with van der Waals surface area (Å²) in [6.45, 7) is -0.605. The molecule has 1 aliphatic rings. The maximum Gasteiger partial charge on any atom is 0.322 e. The SMILES string of the molecule is N[C@H](CC1CCCCC1)C(=O)N[C@H](CCC(=O)O)C(=O)NCC(=O)O. The van der Waals surface area contributed by atoms with E-state index in [0.29, 0.717) is 12.3 Å². The fourth-order valence-corrected chi connectivity index (χ4v) is 2.99. The Morgan fingerprint density at radius 2 is 1.64 bits per heavy atom. The van der Waals surface area contributed by atoms with Crippen LogP contribution in [0.2, 0.25) is 0 Å². The molecule has 1 rings (SSSR count). The smallest absolute Gasteiger partial charge is 0.322 e. The van der Waals surface area contributed by atoms with Crippen LogP contribution >= 0.6 is 0 Å². The van der Waals surface area contributed by atoms with Gasteiger partial charge in [-0.3, -0.25) is 19.2 Å². The van der Waals surface area contributed by atoms with E-state index in [0.717, 1.165) is 25.7 Å². The molecule has 0 aliphatic heterocycles. The third kappa shape index (κ3) is 8.48. The van der Waals surface area contributed by atoms with Gasteiger partial charge in [0.1, 0.15) is 12.6 Å². The molecule has 0 aromatic carbocycles. The van der Waals surface area contributed by atoms with E-state index in [1.807, 2.05) is 0 Å². The van der Waals surface area contributed by atoms with Crippen LogP contribution in [0, 0.1) is 5.92 Å². The van der Waals surface area contributed by atoms with E-state index >= 15 is 0 Å². The van der Waals surface area contributed by atoms with Crippen molar-refractivity contribution in [3.8, 4) is 0 Å². The van der Waals surface area contributed by atoms with E-state index in [-0.39, 0.29) is 12.8 Å². The number of rotatable bonds is 10. The normalized spacial score (nSPS) is 17.3. The van der Waals surface area contributed by atoms with Gasteiger partial charge in [-0.2, -0.15) is 0 Å². The predicted molar refractivity (Wildman–Crippen MR) is 88.6 cm³/mol. The number of carbonyl (C=O) groups is 4. The Bertz CT molecular complexity index is 490. The second kappa shape index (κ2) is 10.7. The Balaban J connectivity index is 2.57. The number of hydrogen-bond donors (Lipinski definition) is 5. The van der Waals surface area contributed by atoms with Crippen molar-refractivity contribution in [3.63, 3.8) is 0 Å². The molecule has 0 spiro atoms. The molecule has 2 atom stereocenters. The molecule has 0 heterocycles. The number of hydrogen-bond acceptors (Lipinski definition) is 5. The molecular weight excluding hydrogens is 330 g/mol. The molecule has 0 aromatic heterocycles. The van der Waals surface area contributed by atoms with Gasteiger partial charge >= 0.3 is 11.9 Å². The maximum atomic E-state index is 12.2. The lowest BCUT2D eigenvalue weighted by atomic mass is 9.85. The first-order valence-corrected chi connectivity index (χ1v) is 8.56. The highest BCUT2D eigenvalue weighted by atomic mass is 16.4. The summed E-state index contributed by atoms with van der Waals surface area (Å²) in [5, 5.41) is 22.0. The number of carboxylic acids is 2. The molecule has 9 nitrogen and oxygen atoms in total. The van der Waals surface area contributed by atoms with Gasteiger partial charge in [0.15, 0.2) is 0 Å². The van der Waals surface area contributed by atoms with Gasteiger partial charge in [0.05, 0.1) is 6.04 Å². The molecule has 0 bridgehead atoms. The van der Waals surface area contributed by atoms with E-state index in [9.17, 15) is 19.2 Å². The highest BCUT2D eigenvalue weighted by Gasteiger charge is 2.26. The molecule has 6 N–H and O–H groups in total. The Morgan fingerprint density at radius 3 is 2.20 bits per heavy atom. The molecule has 0 unspecified atom stereocenters. The second-order valence-corrected chi connectivity index (χ2v) is 6.45. The zero-order valence-corrected chi connectivity index (χ0v) is 14.2. The fraction of sp³-hybridized carbons (Fsp3) is 0.750. The molecule has 1 aliphatic carbocycles. The Morgan fingerprint density at radius 1 is 1.00 bits per heavy atom. The van der Waals surface area contributed by atoms with Crippen LogP contribution in [0.15, 0.2) is 0 Å². The summed E-state index contributed by atoms with van der Waals surface area (Å²) in [6, 6.07) is -1.90. The largest absolute Gasteiger partial charge is 0.481 e. The van der Waals surface area contributed by atoms with Crippen molar-refractivity contribution in [1.82, 2.24) is 10.6 Å². The van der Waals surface area contributed by atoms with Crippen molar-refractivity contribution in [3.05, 3.63) is 0 Å². The summed E-state index contributed by atoms with van der Waals surface area (Å²) in [7, 11) is 0. The summed E-state index contributed by atoms with van der Waals surface area (Å²) >= 11 is 0. The van der Waals surface area contributed by atoms with Crippen molar-refractivity contribution in [2.45, 2.75) is 63.5 Å². The van der Waals surface area contributed by atoms with E-state index in [1.165, 1.54) is 6.42 Å². The lowest BCUT2D eigenvalue weighted by Crippen LogP contribution is -2.52. The topological polar surface area (TPSA) is 159 Å². The lowest BCUT2D eigenvalue weighted by molar-refractivity contribution is -0.140. The monoisotopic (exact) mass is 357 g/mol. The highest BCUT2D eigenvalue weighted by Crippen LogP contribution is 2.26. The van der Waals surface area contributed by atoms with Crippen molar-refractivity contribution >= 4 is 23.8 Å². The van der Waals surface area contributed by atoms with Gasteiger partial charge in [-0.15, -0.1) is 0 Å². The predicted octanol–water partition coefficient (Wildman–Crippen LogP) is -0.165. The zero-order valence-electron chi connectivity index (χ0n) is 14.2. The summed E-state index contributed by atoms with van der Waals surface area (Å²) in [5.74, 6) is -3.22. The van der Waals surface area contributed by atoms with Gasteiger partial charge in [-0.25, -0.2) is 0 Å². The third-order valence-corrected chi connectivity index (χ3v) is 4.34. The lowest BCUT2D eigenvalue weighted by Gasteiger charge is -2.25. The van der Waals surface area contributed by atoms with Gasteiger partial charge in [0, 0.05) is 6.42 Å². The average Bonchev–Trinajstić information content (AvgIpc) is 2.56. The first-order chi connectivity index (χ1) is 11.8. The van der Waals surface area contributed by atoms with Crippen molar-refractivity contribution in [1.29, 1.82) is 0 Å². The highest BCUT2D eigenvalue weighted by molar-refractivity contribution is 5.91. The molecule has 2 amide bonds. The van der Waals surface area contributed by atoms with Gasteiger partial charge in [0.25, 0.3) is 0 Å². The van der Waals surface area contributed by atoms with E-state index in [2.05, 4.69) is 10.6 Å². The van der Waals surface area contributed by atoms with Gasteiger partial charge in [-0.05, 0) is 18.8 Å². The van der Waals surface area contributed by atoms with Crippen LogP contribution in [0.4, 0.5) is 0 Å². The van der Waals surface area contributed by atoms with Crippen LogP contribution in [-0.4, -0.2) is 52.6 Å². The molecular formula is C16H27N3O6. The average molecular weight is 357 g/mol. The third-order valence-electron chi connectivity index (χ3n) is 4.34. The second-order valence-electron chi connectivity index (χ2n) is 6.45. The van der Waals surface area contributed by atoms with Crippen molar-refractivity contribution in [2.75, 3.05) is 6.54 Å². The minimum atomic E-state index is -1.23. The Hall–Kier alpha value is -2.16. The summed E-state index contributed by atoms with van der Waals surface area (Å²) in [6.07, 6.45) is 5.56. The standard InChI is InChI=1S/C16H27N3O6/c17-11(8-10-4-2-1-3-5-10)15(24)19-12(6-7-13(20)21)16(25)18-9-14(22)23/h10-12H,1-9,17H2,(H,18,25)(H,19,24)(H,20,21)(H,22,23)/t11-,12-/m1/s1. The number of nitrogens with two attached hydrogens (primary N) is 1. The molecule has 9 heteroatoms. The first kappa shape index (κ1) is 20.9. The Kier molecular flexibility index (Phi) is 8.90. The minimum absolute atomic E-state index is 0.136. The molecule has 1 saturated carbocycles. The van der Waals surface area contributed by atoms with Gasteiger partial charge in [-0.1, -0.05) is 32.1 Å². The molecule has 0 radical (unpaired) electrons. The number of aliphatic carboxylic acids is 2. The molecule has 142 valence electrons. The van der Waals surface area contributed by atoms with Gasteiger partial charge < -0.3 is 26.6 Å². The molecule has 0 saturated heterocycles. The van der Waals surface area contributed by atoms with E-state index in [1.54, 1.807) is 0 Å². The maximum absolute atomic E-state index is 12.2. The first-order valence-electron chi connectivity index (χ1n) is 8.56. The Labute approximate surface area is 146 Å². The van der Waals surface area contributed by atoms with E-state index in [4.69, 9.17) is 15.9 Å². The van der Waals surface area contributed by atoms with Crippen LogP contribution in [-0.2, 0) is 19.2 Å². The molecule has 1 fully saturated rings.